The fraction of sp³-hybridized carbons (Fsp3) is 0.450. The second-order valence-electron chi connectivity index (χ2n) is 7.40. The van der Waals surface area contributed by atoms with Crippen molar-refractivity contribution in [1.82, 2.24) is 19.7 Å². The van der Waals surface area contributed by atoms with Gasteiger partial charge in [0.05, 0.1) is 18.8 Å². The predicted octanol–water partition coefficient (Wildman–Crippen LogP) is 0.865. The zero-order chi connectivity index (χ0) is 20.5. The molecule has 1 saturated heterocycles. The number of fused-ring (bicyclic) bond motifs is 1. The van der Waals surface area contributed by atoms with Gasteiger partial charge >= 0.3 is 0 Å². The number of anilines is 1. The average molecular weight is 395 g/mol. The molecule has 1 fully saturated rings. The summed E-state index contributed by atoms with van der Waals surface area (Å²) >= 11 is 0. The van der Waals surface area contributed by atoms with E-state index in [0.29, 0.717) is 38.4 Å². The molecule has 1 amide bonds. The minimum absolute atomic E-state index is 0.00826. The molecule has 9 heteroatoms. The van der Waals surface area contributed by atoms with Gasteiger partial charge in [0.25, 0.3) is 5.91 Å². The zero-order valence-corrected chi connectivity index (χ0v) is 16.7. The first-order valence-corrected chi connectivity index (χ1v) is 9.74. The number of aromatic nitrogens is 3. The number of nitrogens with one attached hydrogen (secondary N) is 2. The van der Waals surface area contributed by atoms with E-state index in [-0.39, 0.29) is 11.4 Å². The van der Waals surface area contributed by atoms with Crippen LogP contribution in [0.2, 0.25) is 0 Å². The van der Waals surface area contributed by atoms with E-state index in [1.807, 2.05) is 24.8 Å². The summed E-state index contributed by atoms with van der Waals surface area (Å²) in [5, 5.41) is 20.1. The highest BCUT2D eigenvalue weighted by atomic mass is 16.5. The van der Waals surface area contributed by atoms with Crippen LogP contribution in [-0.4, -0.2) is 64.8 Å². The Morgan fingerprint density at radius 1 is 1.21 bits per heavy atom. The van der Waals surface area contributed by atoms with E-state index in [1.54, 1.807) is 6.20 Å². The van der Waals surface area contributed by atoms with Crippen LogP contribution >= 0.6 is 0 Å². The lowest BCUT2D eigenvalue weighted by Crippen LogP contribution is -2.41. The molecular formula is C20H25N7O2. The van der Waals surface area contributed by atoms with Crippen molar-refractivity contribution in [3.05, 3.63) is 45.7 Å². The summed E-state index contributed by atoms with van der Waals surface area (Å²) in [5.41, 5.74) is 4.59. The Kier molecular flexibility index (Phi) is 5.14. The van der Waals surface area contributed by atoms with E-state index < -0.39 is 0 Å². The molecule has 29 heavy (non-hydrogen) atoms. The maximum absolute atomic E-state index is 12.8. The van der Waals surface area contributed by atoms with Crippen molar-refractivity contribution in [2.24, 2.45) is 0 Å². The molecule has 0 spiro atoms. The predicted molar refractivity (Wildman–Crippen MR) is 107 cm³/mol. The Balaban J connectivity index is 1.63. The molecule has 0 radical (unpaired) electrons. The molecule has 152 valence electrons. The topological polar surface area (TPSA) is 111 Å². The fourth-order valence-electron chi connectivity index (χ4n) is 3.81. The van der Waals surface area contributed by atoms with E-state index in [2.05, 4.69) is 15.0 Å². The van der Waals surface area contributed by atoms with Crippen LogP contribution in [0.1, 0.15) is 32.7 Å². The number of carbonyl (C=O) groups excluding carboxylic acids is 1. The molecular weight excluding hydrogens is 370 g/mol. The lowest BCUT2D eigenvalue weighted by molar-refractivity contribution is 0.0302. The van der Waals surface area contributed by atoms with Crippen LogP contribution in [0, 0.1) is 24.7 Å². The van der Waals surface area contributed by atoms with Crippen molar-refractivity contribution in [2.45, 2.75) is 26.8 Å². The summed E-state index contributed by atoms with van der Waals surface area (Å²) in [4.78, 5) is 21.3. The summed E-state index contributed by atoms with van der Waals surface area (Å²) in [7, 11) is 0. The second-order valence-corrected chi connectivity index (χ2v) is 7.40. The van der Waals surface area contributed by atoms with Crippen LogP contribution < -0.4 is 10.4 Å². The molecule has 2 N–H and O–H groups in total. The Morgan fingerprint density at radius 2 is 1.97 bits per heavy atom. The molecule has 0 aromatic carbocycles. The first kappa shape index (κ1) is 19.3. The first-order chi connectivity index (χ1) is 14.0. The summed E-state index contributed by atoms with van der Waals surface area (Å²) in [5.74, 6) is 0.753. The van der Waals surface area contributed by atoms with Crippen molar-refractivity contribution in [3.8, 4) is 0 Å². The molecule has 0 unspecified atom stereocenters. The second kappa shape index (κ2) is 7.75. The Morgan fingerprint density at radius 3 is 2.69 bits per heavy atom. The molecule has 2 aromatic rings. The fourth-order valence-corrected chi connectivity index (χ4v) is 3.81. The molecule has 9 nitrogen and oxygen atoms in total. The van der Waals surface area contributed by atoms with Gasteiger partial charge in [-0.1, -0.05) is 0 Å². The van der Waals surface area contributed by atoms with Crippen LogP contribution in [0.5, 0.6) is 0 Å². The summed E-state index contributed by atoms with van der Waals surface area (Å²) in [6.07, 6.45) is 3.49. The largest absolute Gasteiger partial charge is 0.378 e. The quantitative estimate of drug-likeness (QED) is 0.592. The minimum atomic E-state index is -0.00826. The van der Waals surface area contributed by atoms with Crippen molar-refractivity contribution >= 4 is 18.1 Å². The number of hydrogen-bond donors (Lipinski definition) is 2. The van der Waals surface area contributed by atoms with Gasteiger partial charge in [0.15, 0.2) is 11.3 Å². The van der Waals surface area contributed by atoms with Gasteiger partial charge in [-0.25, -0.2) is 4.68 Å². The van der Waals surface area contributed by atoms with E-state index in [9.17, 15) is 4.79 Å². The lowest BCUT2D eigenvalue weighted by Gasteiger charge is -2.31. The summed E-state index contributed by atoms with van der Waals surface area (Å²) in [6.45, 7) is 7.52. The van der Waals surface area contributed by atoms with E-state index >= 15 is 0 Å². The van der Waals surface area contributed by atoms with Crippen LogP contribution in [0.25, 0.3) is 0 Å². The summed E-state index contributed by atoms with van der Waals surface area (Å²) in [6, 6.07) is 1.94. The van der Waals surface area contributed by atoms with Crippen molar-refractivity contribution in [2.75, 3.05) is 37.7 Å². The Hall–Kier alpha value is -3.07. The van der Waals surface area contributed by atoms with Gasteiger partial charge in [0.1, 0.15) is 6.34 Å². The highest BCUT2D eigenvalue weighted by molar-refractivity contribution is 5.94. The zero-order valence-electron chi connectivity index (χ0n) is 16.7. The molecule has 4 rings (SSSR count). The number of ether oxygens (including phenoxy) is 1. The maximum atomic E-state index is 12.8. The van der Waals surface area contributed by atoms with Crippen molar-refractivity contribution in [1.29, 1.82) is 10.8 Å². The maximum Gasteiger partial charge on any atom is 0.255 e. The Labute approximate surface area is 168 Å². The third-order valence-electron chi connectivity index (χ3n) is 5.69. The number of hydrogen-bond acceptors (Lipinski definition) is 7. The Bertz CT molecular complexity index is 1020. The van der Waals surface area contributed by atoms with Crippen molar-refractivity contribution in [3.63, 3.8) is 0 Å². The van der Waals surface area contributed by atoms with Gasteiger partial charge in [-0.2, -0.15) is 0 Å². The third-order valence-corrected chi connectivity index (χ3v) is 5.69. The highest BCUT2D eigenvalue weighted by Gasteiger charge is 2.24. The average Bonchev–Trinajstić information content (AvgIpc) is 2.77. The number of rotatable bonds is 3. The van der Waals surface area contributed by atoms with Gasteiger partial charge in [-0.3, -0.25) is 20.6 Å². The molecule has 0 aliphatic carbocycles. The lowest BCUT2D eigenvalue weighted by atomic mass is 10.0. The number of amides is 1. The summed E-state index contributed by atoms with van der Waals surface area (Å²) < 4.78 is 6.61. The van der Waals surface area contributed by atoms with Gasteiger partial charge in [-0.15, -0.1) is 5.10 Å². The molecule has 2 aliphatic rings. The third kappa shape index (κ3) is 3.53. The van der Waals surface area contributed by atoms with E-state index in [1.165, 1.54) is 4.68 Å². The van der Waals surface area contributed by atoms with Gasteiger partial charge in [0.2, 0.25) is 0 Å². The first-order valence-electron chi connectivity index (χ1n) is 9.74. The number of morpholine rings is 1. The number of carbonyl (C=O) groups is 1. The number of nitrogens with zero attached hydrogens (tertiary/aromatic N) is 5. The smallest absolute Gasteiger partial charge is 0.255 e. The molecule has 0 saturated carbocycles. The van der Waals surface area contributed by atoms with Gasteiger partial charge in [-0.05, 0) is 31.0 Å². The van der Waals surface area contributed by atoms with Crippen molar-refractivity contribution < 1.29 is 9.53 Å². The molecule has 2 aliphatic heterocycles. The standard InChI is InChI=1S/C20H25N7O2/c1-13-14(2)19(24-27(12-21)18(13)22)26-4-3-17-16(11-26)9-15(10-23-17)20(28)25-5-7-29-8-6-25/h9-10,12,21-22H,3-8,11H2,1-2H3. The van der Waals surface area contributed by atoms with E-state index in [0.717, 1.165) is 47.5 Å². The van der Waals surface area contributed by atoms with Crippen LogP contribution in [-0.2, 0) is 17.7 Å². The SMILES string of the molecule is Cc1c(N2CCc3ncc(C(=O)N4CCOCC4)cc3C2)nn(C=N)c(=N)c1C. The normalized spacial score (nSPS) is 16.5. The highest BCUT2D eigenvalue weighted by Crippen LogP contribution is 2.25. The van der Waals surface area contributed by atoms with Gasteiger partial charge in [0, 0.05) is 50.1 Å². The molecule has 4 heterocycles. The monoisotopic (exact) mass is 395 g/mol. The van der Waals surface area contributed by atoms with Crippen LogP contribution in [0.15, 0.2) is 12.3 Å². The molecule has 0 atom stereocenters. The van der Waals surface area contributed by atoms with E-state index in [4.69, 9.17) is 15.6 Å². The molecule has 0 bridgehead atoms. The minimum Gasteiger partial charge on any atom is -0.378 e. The van der Waals surface area contributed by atoms with Crippen LogP contribution in [0.4, 0.5) is 5.82 Å². The number of pyridine rings is 1. The molecule has 2 aromatic heterocycles. The van der Waals surface area contributed by atoms with Gasteiger partial charge < -0.3 is 14.5 Å². The van der Waals surface area contributed by atoms with Crippen LogP contribution in [0.3, 0.4) is 0 Å².